The highest BCUT2D eigenvalue weighted by Gasteiger charge is 2.10. The van der Waals surface area contributed by atoms with Gasteiger partial charge in [0, 0.05) is 6.07 Å². The van der Waals surface area contributed by atoms with Gasteiger partial charge < -0.3 is 4.74 Å². The number of nitrogens with zero attached hydrogens (tertiary/aromatic N) is 1. The summed E-state index contributed by atoms with van der Waals surface area (Å²) in [6.45, 7) is 9.44. The SMILES string of the molecule is C=C(/C=C/C(=C)C(=O)Oc1ccc(C#N)c(F)c1)CC/C=C/C. The summed E-state index contributed by atoms with van der Waals surface area (Å²) in [6, 6.07) is 5.29. The molecule has 3 nitrogen and oxygen atoms in total. The maximum atomic E-state index is 13.4. The van der Waals surface area contributed by atoms with Crippen LogP contribution in [-0.2, 0) is 4.79 Å². The molecule has 0 atom stereocenters. The lowest BCUT2D eigenvalue weighted by atomic mass is 10.1. The number of benzene rings is 1. The predicted octanol–water partition coefficient (Wildman–Crippen LogP) is 4.63. The lowest BCUT2D eigenvalue weighted by Crippen LogP contribution is -2.09. The molecule has 0 aliphatic heterocycles. The Bertz CT molecular complexity index is 709. The summed E-state index contributed by atoms with van der Waals surface area (Å²) in [4.78, 5) is 11.8. The van der Waals surface area contributed by atoms with Crippen LogP contribution in [0.4, 0.5) is 4.39 Å². The maximum Gasteiger partial charge on any atom is 0.342 e. The molecule has 0 amide bonds. The molecule has 0 unspecified atom stereocenters. The van der Waals surface area contributed by atoms with Gasteiger partial charge in [0.05, 0.1) is 11.1 Å². The van der Waals surface area contributed by atoms with E-state index in [1.165, 1.54) is 18.2 Å². The van der Waals surface area contributed by atoms with E-state index in [2.05, 4.69) is 13.2 Å². The Kier molecular flexibility index (Phi) is 7.22. The molecule has 0 aliphatic carbocycles. The number of carbonyl (C=O) groups is 1. The Morgan fingerprint density at radius 2 is 2.13 bits per heavy atom. The molecule has 0 aliphatic rings. The third-order valence-corrected chi connectivity index (χ3v) is 2.92. The van der Waals surface area contributed by atoms with Crippen LogP contribution in [0.2, 0.25) is 0 Å². The maximum absolute atomic E-state index is 13.4. The first-order chi connectivity index (χ1) is 11.0. The summed E-state index contributed by atoms with van der Waals surface area (Å²) in [5.41, 5.74) is 0.879. The number of allylic oxidation sites excluding steroid dienone is 4. The number of esters is 1. The average molecular weight is 311 g/mol. The summed E-state index contributed by atoms with van der Waals surface area (Å²) in [5, 5.41) is 8.65. The van der Waals surface area contributed by atoms with E-state index in [0.29, 0.717) is 0 Å². The molecule has 0 aromatic heterocycles. The van der Waals surface area contributed by atoms with E-state index < -0.39 is 11.8 Å². The number of carbonyl (C=O) groups excluding carboxylic acids is 1. The number of nitriles is 1. The molecule has 0 radical (unpaired) electrons. The number of hydrogen-bond donors (Lipinski definition) is 0. The number of hydrogen-bond acceptors (Lipinski definition) is 3. The van der Waals surface area contributed by atoms with Gasteiger partial charge in [0.2, 0.25) is 0 Å². The van der Waals surface area contributed by atoms with Crippen molar-refractivity contribution in [1.29, 1.82) is 5.26 Å². The zero-order valence-corrected chi connectivity index (χ0v) is 13.0. The minimum Gasteiger partial charge on any atom is -0.423 e. The zero-order chi connectivity index (χ0) is 17.2. The molecule has 4 heteroatoms. The van der Waals surface area contributed by atoms with Crippen molar-refractivity contribution in [1.82, 2.24) is 0 Å². The largest absolute Gasteiger partial charge is 0.423 e. The van der Waals surface area contributed by atoms with Gasteiger partial charge in [-0.15, -0.1) is 0 Å². The van der Waals surface area contributed by atoms with E-state index in [9.17, 15) is 9.18 Å². The lowest BCUT2D eigenvalue weighted by molar-refractivity contribution is -0.129. The van der Waals surface area contributed by atoms with E-state index in [1.54, 1.807) is 12.1 Å². The predicted molar refractivity (Wildman–Crippen MR) is 88.2 cm³/mol. The fourth-order valence-corrected chi connectivity index (χ4v) is 1.63. The van der Waals surface area contributed by atoms with Crippen molar-refractivity contribution >= 4 is 5.97 Å². The summed E-state index contributed by atoms with van der Waals surface area (Å²) >= 11 is 0. The summed E-state index contributed by atoms with van der Waals surface area (Å²) < 4.78 is 18.4. The van der Waals surface area contributed by atoms with Gasteiger partial charge in [-0.3, -0.25) is 0 Å². The van der Waals surface area contributed by atoms with Crippen molar-refractivity contribution in [2.75, 3.05) is 0 Å². The van der Waals surface area contributed by atoms with E-state index in [-0.39, 0.29) is 16.9 Å². The molecule has 0 heterocycles. The molecule has 0 spiro atoms. The van der Waals surface area contributed by atoms with Gasteiger partial charge >= 0.3 is 5.97 Å². The van der Waals surface area contributed by atoms with Gasteiger partial charge in [-0.05, 0) is 38.0 Å². The normalized spacial score (nSPS) is 10.7. The highest BCUT2D eigenvalue weighted by Crippen LogP contribution is 2.17. The first kappa shape index (κ1) is 18.1. The molecular formula is C19H18FNO2. The number of halogens is 1. The van der Waals surface area contributed by atoms with Crippen LogP contribution >= 0.6 is 0 Å². The summed E-state index contributed by atoms with van der Waals surface area (Å²) in [6.07, 6.45) is 8.86. The van der Waals surface area contributed by atoms with E-state index in [0.717, 1.165) is 24.5 Å². The van der Waals surface area contributed by atoms with Gasteiger partial charge in [-0.1, -0.05) is 37.0 Å². The molecule has 0 saturated carbocycles. The Morgan fingerprint density at radius 1 is 1.39 bits per heavy atom. The van der Waals surface area contributed by atoms with Crippen molar-refractivity contribution in [2.24, 2.45) is 0 Å². The van der Waals surface area contributed by atoms with Crippen LogP contribution in [0, 0.1) is 17.1 Å². The highest BCUT2D eigenvalue weighted by molar-refractivity contribution is 5.92. The van der Waals surface area contributed by atoms with Gasteiger partial charge in [0.25, 0.3) is 0 Å². The monoisotopic (exact) mass is 311 g/mol. The third-order valence-electron chi connectivity index (χ3n) is 2.92. The Hall–Kier alpha value is -2.93. The van der Waals surface area contributed by atoms with Gasteiger partial charge in [-0.25, -0.2) is 9.18 Å². The molecular weight excluding hydrogens is 293 g/mol. The summed E-state index contributed by atoms with van der Waals surface area (Å²) in [5.74, 6) is -1.41. The van der Waals surface area contributed by atoms with Crippen LogP contribution < -0.4 is 4.74 Å². The minimum atomic E-state index is -0.740. The Labute approximate surface area is 135 Å². The molecule has 1 aromatic carbocycles. The number of ether oxygens (including phenoxy) is 1. The fraction of sp³-hybridized carbons (Fsp3) is 0.158. The topological polar surface area (TPSA) is 50.1 Å². The first-order valence-electron chi connectivity index (χ1n) is 7.05. The molecule has 23 heavy (non-hydrogen) atoms. The van der Waals surface area contributed by atoms with Crippen molar-refractivity contribution in [3.8, 4) is 11.8 Å². The van der Waals surface area contributed by atoms with E-state index >= 15 is 0 Å². The second-order valence-electron chi connectivity index (χ2n) is 4.77. The molecule has 0 N–H and O–H groups in total. The van der Waals surface area contributed by atoms with E-state index in [1.807, 2.05) is 19.1 Å². The molecule has 1 rings (SSSR count). The minimum absolute atomic E-state index is 0.0213. The Balaban J connectivity index is 2.60. The van der Waals surface area contributed by atoms with Gasteiger partial charge in [0.1, 0.15) is 17.6 Å². The van der Waals surface area contributed by atoms with Crippen molar-refractivity contribution < 1.29 is 13.9 Å². The van der Waals surface area contributed by atoms with Crippen LogP contribution in [0.15, 0.2) is 66.8 Å². The van der Waals surface area contributed by atoms with Crippen molar-refractivity contribution in [3.05, 3.63) is 78.2 Å². The standard InChI is InChI=1S/C19H18FNO2/c1-4-5-6-7-14(2)8-9-15(3)19(22)23-17-11-10-16(13-21)18(20)12-17/h4-5,8-12H,2-3,6-7H2,1H3/b5-4+,9-8+. The lowest BCUT2D eigenvalue weighted by Gasteiger charge is -2.05. The van der Waals surface area contributed by atoms with Crippen LogP contribution in [0.25, 0.3) is 0 Å². The average Bonchev–Trinajstić information content (AvgIpc) is 2.53. The highest BCUT2D eigenvalue weighted by atomic mass is 19.1. The third kappa shape index (κ3) is 6.15. The first-order valence-corrected chi connectivity index (χ1v) is 7.05. The Morgan fingerprint density at radius 3 is 2.74 bits per heavy atom. The second-order valence-corrected chi connectivity index (χ2v) is 4.77. The van der Waals surface area contributed by atoms with Gasteiger partial charge in [-0.2, -0.15) is 5.26 Å². The van der Waals surface area contributed by atoms with Crippen LogP contribution in [0.1, 0.15) is 25.3 Å². The van der Waals surface area contributed by atoms with E-state index in [4.69, 9.17) is 10.00 Å². The van der Waals surface area contributed by atoms with Crippen LogP contribution in [0.5, 0.6) is 5.75 Å². The molecule has 0 fully saturated rings. The quantitative estimate of drug-likeness (QED) is 0.242. The molecule has 0 bridgehead atoms. The van der Waals surface area contributed by atoms with Crippen LogP contribution in [0.3, 0.4) is 0 Å². The summed E-state index contributed by atoms with van der Waals surface area (Å²) in [7, 11) is 0. The molecule has 0 saturated heterocycles. The molecule has 1 aromatic rings. The number of rotatable bonds is 7. The van der Waals surface area contributed by atoms with Crippen LogP contribution in [-0.4, -0.2) is 5.97 Å². The van der Waals surface area contributed by atoms with Crippen molar-refractivity contribution in [2.45, 2.75) is 19.8 Å². The molecule has 118 valence electrons. The zero-order valence-electron chi connectivity index (χ0n) is 13.0. The second kappa shape index (κ2) is 9.16. The van der Waals surface area contributed by atoms with Crippen molar-refractivity contribution in [3.63, 3.8) is 0 Å². The fourth-order valence-electron chi connectivity index (χ4n) is 1.63. The van der Waals surface area contributed by atoms with Gasteiger partial charge in [0.15, 0.2) is 0 Å². The smallest absolute Gasteiger partial charge is 0.342 e.